The van der Waals surface area contributed by atoms with E-state index in [2.05, 4.69) is 10.3 Å². The average Bonchev–Trinajstić information content (AvgIpc) is 2.93. The van der Waals surface area contributed by atoms with Crippen LogP contribution in [0.5, 0.6) is 0 Å². The molecule has 1 aromatic heterocycles. The smallest absolute Gasteiger partial charge is 0.269 e. The van der Waals surface area contributed by atoms with E-state index in [0.717, 1.165) is 10.9 Å². The number of morpholine rings is 1. The number of H-pyrrole nitrogens is 1. The summed E-state index contributed by atoms with van der Waals surface area (Å²) >= 11 is 6.23. The van der Waals surface area contributed by atoms with Crippen LogP contribution in [-0.4, -0.2) is 54.5 Å². The third-order valence-electron chi connectivity index (χ3n) is 3.86. The van der Waals surface area contributed by atoms with Crippen LogP contribution in [-0.2, 0) is 9.53 Å². The van der Waals surface area contributed by atoms with Gasteiger partial charge >= 0.3 is 0 Å². The van der Waals surface area contributed by atoms with Crippen molar-refractivity contribution in [1.82, 2.24) is 15.2 Å². The third-order valence-corrected chi connectivity index (χ3v) is 4.25. The maximum absolute atomic E-state index is 12.2. The Morgan fingerprint density at radius 3 is 2.74 bits per heavy atom. The number of benzene rings is 1. The van der Waals surface area contributed by atoms with Crippen molar-refractivity contribution in [2.75, 3.05) is 32.8 Å². The van der Waals surface area contributed by atoms with E-state index in [1.54, 1.807) is 4.90 Å². The monoisotopic (exact) mass is 335 g/mol. The molecular weight excluding hydrogens is 318 g/mol. The number of halogens is 1. The molecule has 23 heavy (non-hydrogen) atoms. The van der Waals surface area contributed by atoms with Crippen LogP contribution in [0.4, 0.5) is 0 Å². The fourth-order valence-corrected chi connectivity index (χ4v) is 2.90. The molecule has 0 aliphatic carbocycles. The molecule has 0 radical (unpaired) electrons. The molecule has 1 aromatic carbocycles. The van der Waals surface area contributed by atoms with Crippen molar-refractivity contribution >= 4 is 34.3 Å². The molecule has 2 heterocycles. The fourth-order valence-electron chi connectivity index (χ4n) is 2.61. The van der Waals surface area contributed by atoms with E-state index < -0.39 is 0 Å². The number of aromatic amines is 1. The van der Waals surface area contributed by atoms with Gasteiger partial charge in [-0.05, 0) is 6.07 Å². The molecule has 1 saturated heterocycles. The molecule has 122 valence electrons. The van der Waals surface area contributed by atoms with Crippen LogP contribution in [0.25, 0.3) is 10.9 Å². The summed E-state index contributed by atoms with van der Waals surface area (Å²) in [5.74, 6) is -0.280. The van der Waals surface area contributed by atoms with Crippen molar-refractivity contribution in [3.05, 3.63) is 35.0 Å². The van der Waals surface area contributed by atoms with Crippen LogP contribution in [0.1, 0.15) is 16.9 Å². The maximum Gasteiger partial charge on any atom is 0.269 e. The van der Waals surface area contributed by atoms with Gasteiger partial charge in [-0.3, -0.25) is 9.59 Å². The van der Waals surface area contributed by atoms with E-state index in [-0.39, 0.29) is 24.8 Å². The number of aromatic nitrogens is 1. The van der Waals surface area contributed by atoms with Crippen LogP contribution in [0.3, 0.4) is 0 Å². The second kappa shape index (κ2) is 7.02. The van der Waals surface area contributed by atoms with E-state index in [1.807, 2.05) is 24.3 Å². The van der Waals surface area contributed by atoms with Crippen LogP contribution in [0.2, 0.25) is 5.02 Å². The SMILES string of the molecule is O=C(NCCC(=O)N1CCOCC1)c1[nH]c2ccccc2c1Cl. The zero-order valence-corrected chi connectivity index (χ0v) is 13.4. The number of hydrogen-bond acceptors (Lipinski definition) is 3. The number of amides is 2. The Morgan fingerprint density at radius 2 is 2.00 bits per heavy atom. The first-order chi connectivity index (χ1) is 11.2. The minimum atomic E-state index is -0.305. The van der Waals surface area contributed by atoms with Crippen LogP contribution in [0.15, 0.2) is 24.3 Å². The van der Waals surface area contributed by atoms with Gasteiger partial charge in [0.25, 0.3) is 5.91 Å². The molecule has 0 spiro atoms. The molecule has 2 N–H and O–H groups in total. The Kier molecular flexibility index (Phi) is 4.83. The van der Waals surface area contributed by atoms with Gasteiger partial charge in [0, 0.05) is 37.0 Å². The highest BCUT2D eigenvalue weighted by Crippen LogP contribution is 2.26. The summed E-state index contributed by atoms with van der Waals surface area (Å²) in [7, 11) is 0. The second-order valence-corrected chi connectivity index (χ2v) is 5.74. The van der Waals surface area contributed by atoms with Crippen molar-refractivity contribution in [3.8, 4) is 0 Å². The Hall–Kier alpha value is -2.05. The Balaban J connectivity index is 1.56. The van der Waals surface area contributed by atoms with Gasteiger partial charge in [-0.1, -0.05) is 29.8 Å². The van der Waals surface area contributed by atoms with Crippen molar-refractivity contribution in [1.29, 1.82) is 0 Å². The van der Waals surface area contributed by atoms with E-state index in [1.165, 1.54) is 0 Å². The number of ether oxygens (including phenoxy) is 1. The number of nitrogens with zero attached hydrogens (tertiary/aromatic N) is 1. The average molecular weight is 336 g/mol. The first kappa shape index (κ1) is 15.8. The highest BCUT2D eigenvalue weighted by atomic mass is 35.5. The third kappa shape index (κ3) is 3.48. The minimum absolute atomic E-state index is 0.0244. The van der Waals surface area contributed by atoms with E-state index in [9.17, 15) is 9.59 Å². The Morgan fingerprint density at radius 1 is 1.26 bits per heavy atom. The van der Waals surface area contributed by atoms with Gasteiger partial charge < -0.3 is 19.9 Å². The van der Waals surface area contributed by atoms with Crippen molar-refractivity contribution in [3.63, 3.8) is 0 Å². The molecule has 1 fully saturated rings. The van der Waals surface area contributed by atoms with Gasteiger partial charge in [0.2, 0.25) is 5.91 Å². The van der Waals surface area contributed by atoms with E-state index in [0.29, 0.717) is 37.0 Å². The quantitative estimate of drug-likeness (QED) is 0.894. The zero-order chi connectivity index (χ0) is 16.2. The summed E-state index contributed by atoms with van der Waals surface area (Å²) in [4.78, 5) is 29.0. The predicted molar refractivity (Wildman–Crippen MR) is 87.7 cm³/mol. The zero-order valence-electron chi connectivity index (χ0n) is 12.6. The van der Waals surface area contributed by atoms with Gasteiger partial charge in [-0.25, -0.2) is 0 Å². The lowest BCUT2D eigenvalue weighted by atomic mass is 10.2. The van der Waals surface area contributed by atoms with Crippen molar-refractivity contribution < 1.29 is 14.3 Å². The van der Waals surface area contributed by atoms with Gasteiger partial charge in [-0.15, -0.1) is 0 Å². The Labute approximate surface area is 138 Å². The molecular formula is C16H18ClN3O3. The van der Waals surface area contributed by atoms with Gasteiger partial charge in [0.1, 0.15) is 5.69 Å². The fraction of sp³-hybridized carbons (Fsp3) is 0.375. The van der Waals surface area contributed by atoms with E-state index >= 15 is 0 Å². The lowest BCUT2D eigenvalue weighted by molar-refractivity contribution is -0.135. The number of carbonyl (C=O) groups excluding carboxylic acids is 2. The molecule has 1 aliphatic rings. The highest BCUT2D eigenvalue weighted by Gasteiger charge is 2.18. The first-order valence-corrected chi connectivity index (χ1v) is 7.94. The van der Waals surface area contributed by atoms with Crippen molar-refractivity contribution in [2.24, 2.45) is 0 Å². The molecule has 0 unspecified atom stereocenters. The summed E-state index contributed by atoms with van der Waals surface area (Å²) in [6.45, 7) is 2.65. The summed E-state index contributed by atoms with van der Waals surface area (Å²) < 4.78 is 5.21. The standard InChI is InChI=1S/C16H18ClN3O3/c17-14-11-3-1-2-4-12(11)19-15(14)16(22)18-6-5-13(21)20-7-9-23-10-8-20/h1-4,19H,5-10H2,(H,18,22). The minimum Gasteiger partial charge on any atom is -0.378 e. The molecule has 0 saturated carbocycles. The largest absolute Gasteiger partial charge is 0.378 e. The number of rotatable bonds is 4. The first-order valence-electron chi connectivity index (χ1n) is 7.57. The number of hydrogen-bond donors (Lipinski definition) is 2. The normalized spacial score (nSPS) is 14.9. The number of fused-ring (bicyclic) bond motifs is 1. The molecule has 7 heteroatoms. The molecule has 2 aromatic rings. The van der Waals surface area contributed by atoms with Crippen LogP contribution < -0.4 is 5.32 Å². The molecule has 0 bridgehead atoms. The van der Waals surface area contributed by atoms with Crippen molar-refractivity contribution in [2.45, 2.75) is 6.42 Å². The highest BCUT2D eigenvalue weighted by molar-refractivity contribution is 6.38. The molecule has 1 aliphatic heterocycles. The summed E-state index contributed by atoms with van der Waals surface area (Å²) in [5.41, 5.74) is 1.14. The maximum atomic E-state index is 12.2. The number of carbonyl (C=O) groups is 2. The lowest BCUT2D eigenvalue weighted by Gasteiger charge is -2.26. The molecule has 3 rings (SSSR count). The summed E-state index contributed by atoms with van der Waals surface area (Å²) in [6.07, 6.45) is 0.267. The predicted octanol–water partition coefficient (Wildman–Crippen LogP) is 1.80. The molecule has 6 nitrogen and oxygen atoms in total. The molecule has 0 atom stereocenters. The van der Waals surface area contributed by atoms with Gasteiger partial charge in [-0.2, -0.15) is 0 Å². The van der Waals surface area contributed by atoms with Crippen LogP contribution >= 0.6 is 11.6 Å². The summed E-state index contributed by atoms with van der Waals surface area (Å²) in [6, 6.07) is 7.45. The Bertz CT molecular complexity index is 722. The van der Waals surface area contributed by atoms with Gasteiger partial charge in [0.05, 0.1) is 18.2 Å². The number of nitrogens with one attached hydrogen (secondary N) is 2. The van der Waals surface area contributed by atoms with E-state index in [4.69, 9.17) is 16.3 Å². The van der Waals surface area contributed by atoms with Gasteiger partial charge in [0.15, 0.2) is 0 Å². The number of para-hydroxylation sites is 1. The lowest BCUT2D eigenvalue weighted by Crippen LogP contribution is -2.42. The van der Waals surface area contributed by atoms with Crippen LogP contribution in [0, 0.1) is 0 Å². The topological polar surface area (TPSA) is 74.4 Å². The summed E-state index contributed by atoms with van der Waals surface area (Å²) in [5, 5.41) is 3.95. The molecule has 2 amide bonds. The second-order valence-electron chi connectivity index (χ2n) is 5.36.